The van der Waals surface area contributed by atoms with Crippen molar-refractivity contribution >= 4 is 30.7 Å². The highest BCUT2D eigenvalue weighted by atomic mass is 35.5. The van der Waals surface area contributed by atoms with Crippen LogP contribution in [0.3, 0.4) is 0 Å². The van der Waals surface area contributed by atoms with Gasteiger partial charge in [-0.05, 0) is 58.0 Å². The lowest BCUT2D eigenvalue weighted by molar-refractivity contribution is -0.126. The van der Waals surface area contributed by atoms with Crippen molar-refractivity contribution in [1.82, 2.24) is 15.5 Å². The predicted molar refractivity (Wildman–Crippen MR) is 90.5 cm³/mol. The van der Waals surface area contributed by atoms with Gasteiger partial charge in [-0.3, -0.25) is 9.69 Å². The molecule has 3 heterocycles. The Hall–Kier alpha value is -0.0300. The van der Waals surface area contributed by atoms with Crippen LogP contribution in [0.25, 0.3) is 0 Å². The third-order valence-corrected chi connectivity index (χ3v) is 5.00. The lowest BCUT2D eigenvalue weighted by Crippen LogP contribution is -2.52. The number of rotatable bonds is 4. The molecule has 0 aromatic rings. The van der Waals surface area contributed by atoms with Gasteiger partial charge in [0, 0.05) is 18.1 Å². The average Bonchev–Trinajstić information content (AvgIpc) is 2.97. The molecule has 0 radical (unpaired) electrons. The van der Waals surface area contributed by atoms with E-state index in [4.69, 9.17) is 0 Å². The Labute approximate surface area is 140 Å². The van der Waals surface area contributed by atoms with Crippen molar-refractivity contribution in [3.63, 3.8) is 0 Å². The second-order valence-corrected chi connectivity index (χ2v) is 6.51. The highest BCUT2D eigenvalue weighted by molar-refractivity contribution is 5.85. The number of carbonyl (C=O) groups is 1. The Balaban J connectivity index is 0.00000110. The van der Waals surface area contributed by atoms with Gasteiger partial charge in [-0.1, -0.05) is 6.92 Å². The summed E-state index contributed by atoms with van der Waals surface area (Å²) < 4.78 is 0. The molecule has 124 valence electrons. The fourth-order valence-corrected chi connectivity index (χ4v) is 4.15. The minimum Gasteiger partial charge on any atom is -0.352 e. The summed E-state index contributed by atoms with van der Waals surface area (Å²) in [5, 5.41) is 6.96. The van der Waals surface area contributed by atoms with Crippen LogP contribution >= 0.6 is 24.8 Å². The fourth-order valence-electron chi connectivity index (χ4n) is 4.15. The largest absolute Gasteiger partial charge is 0.352 e. The van der Waals surface area contributed by atoms with Gasteiger partial charge in [0.1, 0.15) is 0 Å². The molecule has 3 atom stereocenters. The lowest BCUT2D eigenvalue weighted by atomic mass is 9.99. The summed E-state index contributed by atoms with van der Waals surface area (Å²) in [6.45, 7) is 4.36. The van der Waals surface area contributed by atoms with Crippen molar-refractivity contribution in [3.05, 3.63) is 0 Å². The summed E-state index contributed by atoms with van der Waals surface area (Å²) >= 11 is 0. The zero-order valence-electron chi connectivity index (χ0n) is 12.8. The van der Waals surface area contributed by atoms with E-state index in [0.717, 1.165) is 38.8 Å². The third-order valence-electron chi connectivity index (χ3n) is 5.00. The summed E-state index contributed by atoms with van der Waals surface area (Å²) in [5.41, 5.74) is 0. The van der Waals surface area contributed by atoms with E-state index >= 15 is 0 Å². The van der Waals surface area contributed by atoms with Crippen LogP contribution in [0.1, 0.15) is 51.9 Å². The molecule has 21 heavy (non-hydrogen) atoms. The first-order valence-electron chi connectivity index (χ1n) is 8.06. The fraction of sp³-hybridized carbons (Fsp3) is 0.933. The van der Waals surface area contributed by atoms with Gasteiger partial charge in [0.2, 0.25) is 5.91 Å². The molecule has 3 aliphatic rings. The molecule has 0 aromatic heterocycles. The van der Waals surface area contributed by atoms with E-state index in [1.54, 1.807) is 0 Å². The van der Waals surface area contributed by atoms with Gasteiger partial charge in [-0.25, -0.2) is 0 Å². The van der Waals surface area contributed by atoms with Crippen LogP contribution in [-0.4, -0.2) is 48.1 Å². The number of halogens is 2. The molecule has 3 aliphatic heterocycles. The van der Waals surface area contributed by atoms with Crippen LogP contribution in [-0.2, 0) is 4.79 Å². The summed E-state index contributed by atoms with van der Waals surface area (Å²) in [6.07, 6.45) is 8.21. The third kappa shape index (κ3) is 4.47. The number of carbonyl (C=O) groups excluding carboxylic acids is 1. The second-order valence-electron chi connectivity index (χ2n) is 6.51. The minimum atomic E-state index is 0. The van der Waals surface area contributed by atoms with Crippen molar-refractivity contribution in [2.24, 2.45) is 0 Å². The Morgan fingerprint density at radius 2 is 1.86 bits per heavy atom. The predicted octanol–water partition coefficient (Wildman–Crippen LogP) is 2.10. The molecular weight excluding hydrogens is 309 g/mol. The highest BCUT2D eigenvalue weighted by Crippen LogP contribution is 2.27. The molecule has 2 N–H and O–H groups in total. The molecule has 3 unspecified atom stereocenters. The van der Waals surface area contributed by atoms with Crippen molar-refractivity contribution in [2.45, 2.75) is 76.0 Å². The normalized spacial score (nSPS) is 34.9. The first-order valence-corrected chi connectivity index (χ1v) is 8.06. The van der Waals surface area contributed by atoms with E-state index in [1.807, 2.05) is 0 Å². The van der Waals surface area contributed by atoms with Gasteiger partial charge in [-0.2, -0.15) is 0 Å². The van der Waals surface area contributed by atoms with Gasteiger partial charge < -0.3 is 10.6 Å². The van der Waals surface area contributed by atoms with Crippen LogP contribution in [0.2, 0.25) is 0 Å². The van der Waals surface area contributed by atoms with Crippen LogP contribution < -0.4 is 10.6 Å². The van der Waals surface area contributed by atoms with Crippen molar-refractivity contribution in [2.75, 3.05) is 13.1 Å². The van der Waals surface area contributed by atoms with E-state index < -0.39 is 0 Å². The minimum absolute atomic E-state index is 0. The molecule has 3 fully saturated rings. The van der Waals surface area contributed by atoms with E-state index in [1.165, 1.54) is 19.3 Å². The Kier molecular flexibility index (Phi) is 7.75. The molecular formula is C15H29Cl2N3O. The number of fused-ring (bicyclic) bond motifs is 2. The van der Waals surface area contributed by atoms with Gasteiger partial charge in [-0.15, -0.1) is 24.8 Å². The number of piperidine rings is 1. The molecule has 3 rings (SSSR count). The van der Waals surface area contributed by atoms with Crippen molar-refractivity contribution < 1.29 is 4.79 Å². The quantitative estimate of drug-likeness (QED) is 0.825. The number of hydrogen-bond acceptors (Lipinski definition) is 3. The van der Waals surface area contributed by atoms with Crippen molar-refractivity contribution in [3.8, 4) is 0 Å². The number of hydrogen-bond donors (Lipinski definition) is 2. The summed E-state index contributed by atoms with van der Waals surface area (Å²) in [6, 6.07) is 1.86. The lowest BCUT2D eigenvalue weighted by Gasteiger charge is -2.32. The molecule has 0 saturated carbocycles. The number of nitrogens with one attached hydrogen (secondary N) is 2. The molecule has 6 heteroatoms. The Morgan fingerprint density at radius 1 is 1.19 bits per heavy atom. The van der Waals surface area contributed by atoms with Crippen LogP contribution in [0.4, 0.5) is 0 Å². The second kappa shape index (κ2) is 8.56. The molecule has 0 aliphatic carbocycles. The van der Waals surface area contributed by atoms with Crippen molar-refractivity contribution in [1.29, 1.82) is 0 Å². The topological polar surface area (TPSA) is 44.4 Å². The van der Waals surface area contributed by atoms with E-state index in [9.17, 15) is 4.79 Å². The zero-order valence-corrected chi connectivity index (χ0v) is 14.5. The van der Waals surface area contributed by atoms with Gasteiger partial charge in [0.05, 0.1) is 6.04 Å². The molecule has 0 aromatic carbocycles. The first-order chi connectivity index (χ1) is 9.26. The van der Waals surface area contributed by atoms with E-state index in [-0.39, 0.29) is 36.8 Å². The first kappa shape index (κ1) is 19.0. The number of nitrogens with zero attached hydrogens (tertiary/aromatic N) is 1. The summed E-state index contributed by atoms with van der Waals surface area (Å²) in [5.74, 6) is 0.289. The Morgan fingerprint density at radius 3 is 2.48 bits per heavy atom. The SMILES string of the molecule is CCCN1CCCC1C(=O)NC1CC2CCC(C1)N2.Cl.Cl. The highest BCUT2D eigenvalue weighted by Gasteiger charge is 2.36. The monoisotopic (exact) mass is 337 g/mol. The molecule has 2 bridgehead atoms. The Bertz CT molecular complexity index is 331. The van der Waals surface area contributed by atoms with E-state index in [2.05, 4.69) is 22.5 Å². The van der Waals surface area contributed by atoms with Crippen LogP contribution in [0.15, 0.2) is 0 Å². The molecule has 4 nitrogen and oxygen atoms in total. The maximum Gasteiger partial charge on any atom is 0.237 e. The van der Waals surface area contributed by atoms with Gasteiger partial charge >= 0.3 is 0 Å². The summed E-state index contributed by atoms with van der Waals surface area (Å²) in [7, 11) is 0. The maximum absolute atomic E-state index is 12.5. The zero-order chi connectivity index (χ0) is 13.2. The molecule has 0 spiro atoms. The van der Waals surface area contributed by atoms with Gasteiger partial charge in [0.15, 0.2) is 0 Å². The smallest absolute Gasteiger partial charge is 0.237 e. The summed E-state index contributed by atoms with van der Waals surface area (Å²) in [4.78, 5) is 14.8. The van der Waals surface area contributed by atoms with Gasteiger partial charge in [0.25, 0.3) is 0 Å². The van der Waals surface area contributed by atoms with Crippen LogP contribution in [0, 0.1) is 0 Å². The molecule has 1 amide bonds. The average molecular weight is 338 g/mol. The van der Waals surface area contributed by atoms with Crippen LogP contribution in [0.5, 0.6) is 0 Å². The maximum atomic E-state index is 12.5. The number of likely N-dealkylation sites (tertiary alicyclic amines) is 1. The standard InChI is InChI=1S/C15H27N3O.2ClH/c1-2-7-18-8-3-4-14(18)15(19)17-13-9-11-5-6-12(10-13)16-11;;/h11-14,16H,2-10H2,1H3,(H,17,19);2*1H. The van der Waals surface area contributed by atoms with E-state index in [0.29, 0.717) is 18.1 Å². The number of amides is 1. The molecule has 3 saturated heterocycles.